The van der Waals surface area contributed by atoms with Crippen molar-refractivity contribution in [2.75, 3.05) is 7.11 Å². The maximum Gasteiger partial charge on any atom is 0.340 e. The number of carbonyl (C=O) groups is 2. The van der Waals surface area contributed by atoms with Gasteiger partial charge in [-0.1, -0.05) is 6.07 Å². The second-order valence-electron chi connectivity index (χ2n) is 4.18. The van der Waals surface area contributed by atoms with E-state index < -0.39 is 23.6 Å². The Morgan fingerprint density at radius 2 is 1.76 bits per heavy atom. The first-order valence-corrected chi connectivity index (χ1v) is 5.85. The van der Waals surface area contributed by atoms with Crippen molar-refractivity contribution in [3.05, 3.63) is 59.2 Å². The van der Waals surface area contributed by atoms with Crippen molar-refractivity contribution < 1.29 is 28.2 Å². The fraction of sp³-hybridized carbons (Fsp3) is 0.0667. The van der Waals surface area contributed by atoms with Crippen LogP contribution in [0.15, 0.2) is 36.4 Å². The molecule has 0 atom stereocenters. The summed E-state index contributed by atoms with van der Waals surface area (Å²) >= 11 is 0. The van der Waals surface area contributed by atoms with Gasteiger partial charge >= 0.3 is 11.9 Å². The van der Waals surface area contributed by atoms with E-state index in [1.165, 1.54) is 6.07 Å². The van der Waals surface area contributed by atoms with E-state index in [2.05, 4.69) is 4.74 Å². The predicted octanol–water partition coefficient (Wildman–Crippen LogP) is 3.12. The van der Waals surface area contributed by atoms with Crippen LogP contribution < -0.4 is 0 Å². The monoisotopic (exact) mass is 292 g/mol. The average Bonchev–Trinajstić information content (AvgIpc) is 2.46. The van der Waals surface area contributed by atoms with Crippen molar-refractivity contribution in [3.63, 3.8) is 0 Å². The lowest BCUT2D eigenvalue weighted by molar-refractivity contribution is 0.0594. The van der Waals surface area contributed by atoms with Gasteiger partial charge in [0.1, 0.15) is 11.6 Å². The highest BCUT2D eigenvalue weighted by atomic mass is 19.1. The molecule has 0 aliphatic heterocycles. The Morgan fingerprint density at radius 1 is 1.05 bits per heavy atom. The van der Waals surface area contributed by atoms with Gasteiger partial charge in [0.05, 0.1) is 18.2 Å². The Balaban J connectivity index is 2.65. The highest BCUT2D eigenvalue weighted by molar-refractivity contribution is 5.97. The number of hydrogen-bond donors (Lipinski definition) is 1. The van der Waals surface area contributed by atoms with Crippen LogP contribution >= 0.6 is 0 Å². The van der Waals surface area contributed by atoms with Crippen molar-refractivity contribution in [2.24, 2.45) is 0 Å². The molecule has 2 rings (SSSR count). The van der Waals surface area contributed by atoms with E-state index in [0.29, 0.717) is 0 Å². The molecule has 0 unspecified atom stereocenters. The van der Waals surface area contributed by atoms with Gasteiger partial charge in [-0.25, -0.2) is 18.4 Å². The fourth-order valence-electron chi connectivity index (χ4n) is 1.90. The second-order valence-corrected chi connectivity index (χ2v) is 4.18. The summed E-state index contributed by atoms with van der Waals surface area (Å²) in [4.78, 5) is 22.6. The highest BCUT2D eigenvalue weighted by Crippen LogP contribution is 2.27. The number of methoxy groups -OCH3 is 1. The summed E-state index contributed by atoms with van der Waals surface area (Å²) in [6.07, 6.45) is 0. The number of carboxylic acid groups (broad SMARTS) is 1. The standard InChI is InChI=1S/C15H10F2O4/c1-21-15(20)12-6-8(2-5-13(12)17)11-7-9(16)3-4-10(11)14(18)19/h2-7H,1H3,(H,18,19). The molecule has 0 radical (unpaired) electrons. The van der Waals surface area contributed by atoms with Crippen molar-refractivity contribution in [3.8, 4) is 11.1 Å². The average molecular weight is 292 g/mol. The molecule has 108 valence electrons. The molecule has 6 heteroatoms. The van der Waals surface area contributed by atoms with Gasteiger partial charge in [-0.3, -0.25) is 0 Å². The lowest BCUT2D eigenvalue weighted by atomic mass is 9.97. The van der Waals surface area contributed by atoms with E-state index >= 15 is 0 Å². The minimum absolute atomic E-state index is 0.0488. The van der Waals surface area contributed by atoms with Gasteiger partial charge in [-0.05, 0) is 41.5 Å². The summed E-state index contributed by atoms with van der Waals surface area (Å²) in [5.74, 6) is -3.60. The first kappa shape index (κ1) is 14.6. The first-order valence-electron chi connectivity index (χ1n) is 5.85. The molecule has 0 spiro atoms. The predicted molar refractivity (Wildman–Crippen MR) is 70.1 cm³/mol. The van der Waals surface area contributed by atoms with Crippen molar-refractivity contribution in [1.82, 2.24) is 0 Å². The highest BCUT2D eigenvalue weighted by Gasteiger charge is 2.17. The molecule has 0 aromatic heterocycles. The molecule has 0 aliphatic carbocycles. The van der Waals surface area contributed by atoms with Crippen LogP contribution in [0.5, 0.6) is 0 Å². The van der Waals surface area contributed by atoms with E-state index in [0.717, 1.165) is 37.4 Å². The molecular formula is C15H10F2O4. The number of carboxylic acids is 1. The van der Waals surface area contributed by atoms with E-state index in [9.17, 15) is 18.4 Å². The molecule has 0 fully saturated rings. The van der Waals surface area contributed by atoms with Crippen molar-refractivity contribution in [2.45, 2.75) is 0 Å². The molecule has 4 nitrogen and oxygen atoms in total. The maximum absolute atomic E-state index is 13.6. The first-order chi connectivity index (χ1) is 9.93. The topological polar surface area (TPSA) is 63.6 Å². The zero-order valence-electron chi connectivity index (χ0n) is 10.9. The third kappa shape index (κ3) is 2.89. The minimum atomic E-state index is -1.26. The summed E-state index contributed by atoms with van der Waals surface area (Å²) in [7, 11) is 1.10. The zero-order chi connectivity index (χ0) is 15.6. The van der Waals surface area contributed by atoms with Crippen LogP contribution in [0.2, 0.25) is 0 Å². The van der Waals surface area contributed by atoms with Gasteiger partial charge in [0, 0.05) is 0 Å². The number of carbonyl (C=O) groups excluding carboxylic acids is 1. The molecule has 0 amide bonds. The lowest BCUT2D eigenvalue weighted by Gasteiger charge is -2.09. The summed E-state index contributed by atoms with van der Waals surface area (Å²) in [5.41, 5.74) is -0.254. The fourth-order valence-corrected chi connectivity index (χ4v) is 1.90. The normalized spacial score (nSPS) is 10.2. The third-order valence-corrected chi connectivity index (χ3v) is 2.89. The molecule has 0 aliphatic rings. The van der Waals surface area contributed by atoms with Crippen molar-refractivity contribution >= 4 is 11.9 Å². The summed E-state index contributed by atoms with van der Waals surface area (Å²) < 4.78 is 31.4. The number of benzene rings is 2. The Bertz CT molecular complexity index is 726. The van der Waals surface area contributed by atoms with E-state index in [1.807, 2.05) is 0 Å². The SMILES string of the molecule is COC(=O)c1cc(-c2cc(F)ccc2C(=O)O)ccc1F. The molecule has 1 N–H and O–H groups in total. The van der Waals surface area contributed by atoms with Gasteiger partial charge in [-0.15, -0.1) is 0 Å². The van der Waals surface area contributed by atoms with Gasteiger partial charge in [0.25, 0.3) is 0 Å². The Morgan fingerprint density at radius 3 is 2.38 bits per heavy atom. The van der Waals surface area contributed by atoms with Gasteiger partial charge in [-0.2, -0.15) is 0 Å². The van der Waals surface area contributed by atoms with E-state index in [-0.39, 0.29) is 22.3 Å². The quantitative estimate of drug-likeness (QED) is 0.883. The van der Waals surface area contributed by atoms with Crippen LogP contribution in [0.25, 0.3) is 11.1 Å². The van der Waals surface area contributed by atoms with Crippen molar-refractivity contribution in [1.29, 1.82) is 0 Å². The number of rotatable bonds is 3. The molecule has 0 saturated carbocycles. The second kappa shape index (κ2) is 5.70. The van der Waals surface area contributed by atoms with E-state index in [4.69, 9.17) is 5.11 Å². The van der Waals surface area contributed by atoms with Gasteiger partial charge in [0.2, 0.25) is 0 Å². The third-order valence-electron chi connectivity index (χ3n) is 2.89. The van der Waals surface area contributed by atoms with Crippen LogP contribution in [-0.2, 0) is 4.74 Å². The molecule has 2 aromatic rings. The minimum Gasteiger partial charge on any atom is -0.478 e. The number of esters is 1. The Kier molecular flexibility index (Phi) is 3.98. The Labute approximate surface area is 118 Å². The summed E-state index contributed by atoms with van der Waals surface area (Å²) in [6, 6.07) is 6.52. The maximum atomic E-state index is 13.6. The number of ether oxygens (including phenoxy) is 1. The Hall–Kier alpha value is -2.76. The van der Waals surface area contributed by atoms with Gasteiger partial charge < -0.3 is 9.84 Å². The van der Waals surface area contributed by atoms with Crippen LogP contribution in [0.3, 0.4) is 0 Å². The summed E-state index contributed by atoms with van der Waals surface area (Å²) in [5, 5.41) is 9.11. The lowest BCUT2D eigenvalue weighted by Crippen LogP contribution is -2.05. The molecule has 2 aromatic carbocycles. The number of halogens is 2. The molecule has 0 heterocycles. The largest absolute Gasteiger partial charge is 0.478 e. The van der Waals surface area contributed by atoms with Crippen LogP contribution in [-0.4, -0.2) is 24.2 Å². The number of hydrogen-bond acceptors (Lipinski definition) is 3. The number of aromatic carboxylic acids is 1. The van der Waals surface area contributed by atoms with Crippen LogP contribution in [0.4, 0.5) is 8.78 Å². The van der Waals surface area contributed by atoms with Crippen LogP contribution in [0, 0.1) is 11.6 Å². The smallest absolute Gasteiger partial charge is 0.340 e. The summed E-state index contributed by atoms with van der Waals surface area (Å²) in [6.45, 7) is 0. The molecule has 0 saturated heterocycles. The van der Waals surface area contributed by atoms with Crippen LogP contribution in [0.1, 0.15) is 20.7 Å². The molecule has 0 bridgehead atoms. The zero-order valence-corrected chi connectivity index (χ0v) is 10.9. The molecular weight excluding hydrogens is 282 g/mol. The molecule has 21 heavy (non-hydrogen) atoms. The van der Waals surface area contributed by atoms with Gasteiger partial charge in [0.15, 0.2) is 0 Å². The van der Waals surface area contributed by atoms with E-state index in [1.54, 1.807) is 0 Å².